The second-order valence-electron chi connectivity index (χ2n) is 6.21. The quantitative estimate of drug-likeness (QED) is 0.828. The minimum atomic E-state index is 0.457. The summed E-state index contributed by atoms with van der Waals surface area (Å²) in [7, 11) is 0. The van der Waals surface area contributed by atoms with E-state index in [0.29, 0.717) is 12.1 Å². The molecule has 1 heteroatoms. The highest BCUT2D eigenvalue weighted by molar-refractivity contribution is 5.23. The summed E-state index contributed by atoms with van der Waals surface area (Å²) < 4.78 is 0. The standard InChI is InChI=1S/C17H27N/c1-12-8-10-16(11-9-12)15(4)18-17-13(2)6-5-7-14(17)3/h8-11,13-15,17-18H,5-7H2,1-4H3. The van der Waals surface area contributed by atoms with Gasteiger partial charge in [0.05, 0.1) is 0 Å². The first-order valence-corrected chi connectivity index (χ1v) is 7.40. The molecular weight excluding hydrogens is 218 g/mol. The summed E-state index contributed by atoms with van der Waals surface area (Å²) in [5.41, 5.74) is 2.75. The summed E-state index contributed by atoms with van der Waals surface area (Å²) in [5, 5.41) is 3.85. The predicted octanol–water partition coefficient (Wildman–Crippen LogP) is 4.47. The molecule has 1 aliphatic carbocycles. The van der Waals surface area contributed by atoms with Crippen LogP contribution in [0.15, 0.2) is 24.3 Å². The SMILES string of the molecule is Cc1ccc(C(C)NC2C(C)CCCC2C)cc1. The maximum atomic E-state index is 3.85. The van der Waals surface area contributed by atoms with Crippen LogP contribution >= 0.6 is 0 Å². The molecule has 0 bridgehead atoms. The summed E-state index contributed by atoms with van der Waals surface area (Å²) in [6.07, 6.45) is 4.16. The second kappa shape index (κ2) is 5.88. The van der Waals surface area contributed by atoms with Crippen LogP contribution in [0.5, 0.6) is 0 Å². The molecule has 2 rings (SSSR count). The summed E-state index contributed by atoms with van der Waals surface area (Å²) in [4.78, 5) is 0. The van der Waals surface area contributed by atoms with Gasteiger partial charge >= 0.3 is 0 Å². The molecule has 1 nitrogen and oxygen atoms in total. The third kappa shape index (κ3) is 3.14. The van der Waals surface area contributed by atoms with E-state index in [1.807, 2.05) is 0 Å². The summed E-state index contributed by atoms with van der Waals surface area (Å²) in [6, 6.07) is 10.1. The van der Waals surface area contributed by atoms with E-state index in [1.165, 1.54) is 30.4 Å². The Morgan fingerprint density at radius 1 is 1.06 bits per heavy atom. The smallest absolute Gasteiger partial charge is 0.0294 e. The van der Waals surface area contributed by atoms with Crippen LogP contribution in [0.25, 0.3) is 0 Å². The number of rotatable bonds is 3. The Morgan fingerprint density at radius 3 is 2.17 bits per heavy atom. The first kappa shape index (κ1) is 13.6. The van der Waals surface area contributed by atoms with Gasteiger partial charge < -0.3 is 5.32 Å². The molecule has 1 fully saturated rings. The van der Waals surface area contributed by atoms with Crippen molar-refractivity contribution in [3.8, 4) is 0 Å². The van der Waals surface area contributed by atoms with Gasteiger partial charge in [-0.2, -0.15) is 0 Å². The van der Waals surface area contributed by atoms with E-state index in [2.05, 4.69) is 57.3 Å². The second-order valence-corrected chi connectivity index (χ2v) is 6.21. The van der Waals surface area contributed by atoms with Crippen molar-refractivity contribution < 1.29 is 0 Å². The Hall–Kier alpha value is -0.820. The first-order valence-electron chi connectivity index (χ1n) is 7.40. The normalized spacial score (nSPS) is 30.1. The Balaban J connectivity index is 2.01. The van der Waals surface area contributed by atoms with E-state index in [1.54, 1.807) is 0 Å². The van der Waals surface area contributed by atoms with E-state index in [-0.39, 0.29) is 0 Å². The summed E-state index contributed by atoms with van der Waals surface area (Å²) >= 11 is 0. The number of nitrogens with one attached hydrogen (secondary N) is 1. The molecule has 3 atom stereocenters. The van der Waals surface area contributed by atoms with Crippen LogP contribution in [-0.2, 0) is 0 Å². The lowest BCUT2D eigenvalue weighted by molar-refractivity contribution is 0.196. The molecule has 0 aliphatic heterocycles. The van der Waals surface area contributed by atoms with E-state index < -0.39 is 0 Å². The Bertz CT molecular complexity index is 358. The molecular formula is C17H27N. The highest BCUT2D eigenvalue weighted by Crippen LogP contribution is 2.30. The van der Waals surface area contributed by atoms with Crippen molar-refractivity contribution in [1.29, 1.82) is 0 Å². The highest BCUT2D eigenvalue weighted by atomic mass is 15.0. The van der Waals surface area contributed by atoms with Crippen molar-refractivity contribution >= 4 is 0 Å². The number of hydrogen-bond donors (Lipinski definition) is 1. The van der Waals surface area contributed by atoms with Crippen LogP contribution in [0, 0.1) is 18.8 Å². The van der Waals surface area contributed by atoms with Gasteiger partial charge in [-0.25, -0.2) is 0 Å². The van der Waals surface area contributed by atoms with Crippen molar-refractivity contribution in [3.63, 3.8) is 0 Å². The molecule has 1 aromatic rings. The van der Waals surface area contributed by atoms with Gasteiger partial charge in [0.25, 0.3) is 0 Å². The molecule has 100 valence electrons. The molecule has 0 aromatic heterocycles. The van der Waals surface area contributed by atoms with Crippen LogP contribution in [0.2, 0.25) is 0 Å². The fourth-order valence-electron chi connectivity index (χ4n) is 3.25. The average Bonchev–Trinajstić information content (AvgIpc) is 2.34. The fourth-order valence-corrected chi connectivity index (χ4v) is 3.25. The van der Waals surface area contributed by atoms with Gasteiger partial charge in [-0.1, -0.05) is 50.1 Å². The molecule has 0 radical (unpaired) electrons. The molecule has 1 aliphatic rings. The molecule has 0 spiro atoms. The van der Waals surface area contributed by atoms with Crippen molar-refractivity contribution in [2.75, 3.05) is 0 Å². The van der Waals surface area contributed by atoms with Gasteiger partial charge in [0.2, 0.25) is 0 Å². The lowest BCUT2D eigenvalue weighted by atomic mass is 9.78. The molecule has 0 saturated heterocycles. The minimum absolute atomic E-state index is 0.457. The zero-order valence-corrected chi connectivity index (χ0v) is 12.2. The van der Waals surface area contributed by atoms with Crippen LogP contribution < -0.4 is 5.32 Å². The molecule has 1 aromatic carbocycles. The maximum Gasteiger partial charge on any atom is 0.0294 e. The van der Waals surface area contributed by atoms with E-state index in [0.717, 1.165) is 11.8 Å². The summed E-state index contributed by atoms with van der Waals surface area (Å²) in [6.45, 7) is 9.23. The van der Waals surface area contributed by atoms with Gasteiger partial charge in [0.15, 0.2) is 0 Å². The van der Waals surface area contributed by atoms with Crippen molar-refractivity contribution in [3.05, 3.63) is 35.4 Å². The van der Waals surface area contributed by atoms with E-state index >= 15 is 0 Å². The molecule has 1 saturated carbocycles. The number of aryl methyl sites for hydroxylation is 1. The van der Waals surface area contributed by atoms with Crippen LogP contribution in [0.1, 0.15) is 57.2 Å². The Labute approximate surface area is 112 Å². The van der Waals surface area contributed by atoms with Gasteiger partial charge in [-0.05, 0) is 44.1 Å². The predicted molar refractivity (Wildman–Crippen MR) is 78.7 cm³/mol. The van der Waals surface area contributed by atoms with Crippen LogP contribution in [0.4, 0.5) is 0 Å². The molecule has 18 heavy (non-hydrogen) atoms. The average molecular weight is 245 g/mol. The Kier molecular flexibility index (Phi) is 4.45. The zero-order chi connectivity index (χ0) is 13.1. The minimum Gasteiger partial charge on any atom is -0.307 e. The molecule has 0 amide bonds. The van der Waals surface area contributed by atoms with Crippen molar-refractivity contribution in [2.24, 2.45) is 11.8 Å². The number of hydrogen-bond acceptors (Lipinski definition) is 1. The van der Waals surface area contributed by atoms with E-state index in [4.69, 9.17) is 0 Å². The summed E-state index contributed by atoms with van der Waals surface area (Å²) in [5.74, 6) is 1.61. The topological polar surface area (TPSA) is 12.0 Å². The number of benzene rings is 1. The first-order chi connectivity index (χ1) is 8.58. The lowest BCUT2D eigenvalue weighted by Gasteiger charge is -2.37. The lowest BCUT2D eigenvalue weighted by Crippen LogP contribution is -2.43. The maximum absolute atomic E-state index is 3.85. The fraction of sp³-hybridized carbons (Fsp3) is 0.647. The molecule has 0 heterocycles. The van der Waals surface area contributed by atoms with Gasteiger partial charge in [-0.15, -0.1) is 0 Å². The largest absolute Gasteiger partial charge is 0.307 e. The van der Waals surface area contributed by atoms with Crippen molar-refractivity contribution in [2.45, 2.75) is 59.0 Å². The molecule has 1 N–H and O–H groups in total. The van der Waals surface area contributed by atoms with Crippen molar-refractivity contribution in [1.82, 2.24) is 5.32 Å². The van der Waals surface area contributed by atoms with Crippen LogP contribution in [-0.4, -0.2) is 6.04 Å². The highest BCUT2D eigenvalue weighted by Gasteiger charge is 2.28. The third-order valence-electron chi connectivity index (χ3n) is 4.56. The van der Waals surface area contributed by atoms with Crippen LogP contribution in [0.3, 0.4) is 0 Å². The zero-order valence-electron chi connectivity index (χ0n) is 12.2. The van der Waals surface area contributed by atoms with Gasteiger partial charge in [0.1, 0.15) is 0 Å². The van der Waals surface area contributed by atoms with Gasteiger partial charge in [-0.3, -0.25) is 0 Å². The molecule has 3 unspecified atom stereocenters. The van der Waals surface area contributed by atoms with E-state index in [9.17, 15) is 0 Å². The van der Waals surface area contributed by atoms with Gasteiger partial charge in [0, 0.05) is 12.1 Å². The Morgan fingerprint density at radius 2 is 1.61 bits per heavy atom. The third-order valence-corrected chi connectivity index (χ3v) is 4.56. The monoisotopic (exact) mass is 245 g/mol.